The average molecular weight is 374 g/mol. The molecule has 9 heteroatoms. The SMILES string of the molecule is O=c1c(-c2ncc(C(F)(F)F)cc2Cl)c[nH]n1-c1cccc(Cl)c1. The molecule has 0 aliphatic heterocycles. The second-order valence-corrected chi connectivity index (χ2v) is 5.70. The summed E-state index contributed by atoms with van der Waals surface area (Å²) >= 11 is 11.8. The number of hydrogen-bond donors (Lipinski definition) is 1. The van der Waals surface area contributed by atoms with E-state index in [1.54, 1.807) is 24.3 Å². The molecule has 1 aromatic carbocycles. The highest BCUT2D eigenvalue weighted by Crippen LogP contribution is 2.33. The molecular formula is C15H8Cl2F3N3O. The van der Waals surface area contributed by atoms with E-state index < -0.39 is 17.3 Å². The maximum Gasteiger partial charge on any atom is 0.417 e. The molecule has 3 rings (SSSR count). The van der Waals surface area contributed by atoms with E-state index in [0.717, 1.165) is 6.07 Å². The first-order chi connectivity index (χ1) is 11.3. The molecule has 0 atom stereocenters. The molecular weight excluding hydrogens is 366 g/mol. The summed E-state index contributed by atoms with van der Waals surface area (Å²) in [6, 6.07) is 7.25. The summed E-state index contributed by atoms with van der Waals surface area (Å²) in [4.78, 5) is 16.2. The number of alkyl halides is 3. The first-order valence-corrected chi connectivity index (χ1v) is 7.32. The van der Waals surface area contributed by atoms with Crippen LogP contribution in [0.15, 0.2) is 47.5 Å². The van der Waals surface area contributed by atoms with Gasteiger partial charge in [0.1, 0.15) is 0 Å². The number of halogens is 5. The van der Waals surface area contributed by atoms with Crippen molar-refractivity contribution in [1.29, 1.82) is 0 Å². The highest BCUT2D eigenvalue weighted by Gasteiger charge is 2.32. The smallest absolute Gasteiger partial charge is 0.298 e. The maximum absolute atomic E-state index is 12.7. The zero-order valence-corrected chi connectivity index (χ0v) is 13.2. The van der Waals surface area contributed by atoms with Gasteiger partial charge in [0.05, 0.1) is 27.5 Å². The highest BCUT2D eigenvalue weighted by molar-refractivity contribution is 6.33. The van der Waals surface area contributed by atoms with Crippen LogP contribution in [-0.4, -0.2) is 14.8 Å². The fraction of sp³-hybridized carbons (Fsp3) is 0.0667. The zero-order valence-electron chi connectivity index (χ0n) is 11.7. The Kier molecular flexibility index (Phi) is 4.15. The third kappa shape index (κ3) is 3.05. The lowest BCUT2D eigenvalue weighted by Gasteiger charge is -2.07. The minimum absolute atomic E-state index is 0.0355. The number of aromatic nitrogens is 3. The molecule has 4 nitrogen and oxygen atoms in total. The second-order valence-electron chi connectivity index (χ2n) is 4.86. The number of rotatable bonds is 2. The van der Waals surface area contributed by atoms with E-state index in [2.05, 4.69) is 10.1 Å². The molecule has 124 valence electrons. The molecule has 0 spiro atoms. The Morgan fingerprint density at radius 2 is 1.92 bits per heavy atom. The first-order valence-electron chi connectivity index (χ1n) is 6.57. The molecule has 3 aromatic rings. The Hall–Kier alpha value is -2.25. The fourth-order valence-corrected chi connectivity index (χ4v) is 2.59. The van der Waals surface area contributed by atoms with Crippen LogP contribution < -0.4 is 5.56 Å². The van der Waals surface area contributed by atoms with Gasteiger partial charge in [-0.1, -0.05) is 29.3 Å². The van der Waals surface area contributed by atoms with Gasteiger partial charge in [0, 0.05) is 17.4 Å². The maximum atomic E-state index is 12.7. The van der Waals surface area contributed by atoms with Gasteiger partial charge in [0.2, 0.25) is 0 Å². The van der Waals surface area contributed by atoms with Crippen molar-refractivity contribution in [2.45, 2.75) is 6.18 Å². The van der Waals surface area contributed by atoms with E-state index in [-0.39, 0.29) is 16.3 Å². The topological polar surface area (TPSA) is 50.7 Å². The molecule has 0 bridgehead atoms. The molecule has 0 radical (unpaired) electrons. The van der Waals surface area contributed by atoms with Gasteiger partial charge in [-0.2, -0.15) is 13.2 Å². The summed E-state index contributed by atoms with van der Waals surface area (Å²) < 4.78 is 39.2. The molecule has 24 heavy (non-hydrogen) atoms. The van der Waals surface area contributed by atoms with Crippen LogP contribution in [0.25, 0.3) is 16.9 Å². The van der Waals surface area contributed by atoms with Crippen LogP contribution in [0.1, 0.15) is 5.56 Å². The van der Waals surface area contributed by atoms with Gasteiger partial charge in [0.25, 0.3) is 5.56 Å². The molecule has 0 aliphatic carbocycles. The molecule has 2 aromatic heterocycles. The molecule has 0 aliphatic rings. The van der Waals surface area contributed by atoms with Crippen molar-refractivity contribution in [2.24, 2.45) is 0 Å². The predicted octanol–water partition coefficient (Wildman–Crippen LogP) is 4.55. The summed E-state index contributed by atoms with van der Waals surface area (Å²) in [6.45, 7) is 0. The molecule has 0 unspecified atom stereocenters. The summed E-state index contributed by atoms with van der Waals surface area (Å²) in [6.07, 6.45) is -2.60. The first kappa shape index (κ1) is 16.6. The van der Waals surface area contributed by atoms with Crippen molar-refractivity contribution in [2.75, 3.05) is 0 Å². The van der Waals surface area contributed by atoms with Crippen LogP contribution in [0.2, 0.25) is 10.0 Å². The van der Waals surface area contributed by atoms with Gasteiger partial charge in [-0.05, 0) is 24.3 Å². The Labute approximate surface area is 143 Å². The Bertz CT molecular complexity index is 963. The summed E-state index contributed by atoms with van der Waals surface area (Å²) in [5.74, 6) is 0. The zero-order chi connectivity index (χ0) is 17.5. The third-order valence-electron chi connectivity index (χ3n) is 3.26. The standard InChI is InChI=1S/C15H8Cl2F3N3O/c16-9-2-1-3-10(5-9)23-14(24)11(7-22-23)13-12(17)4-8(6-21-13)15(18,19)20/h1-7,22H. The van der Waals surface area contributed by atoms with E-state index in [1.165, 1.54) is 10.9 Å². The van der Waals surface area contributed by atoms with Crippen molar-refractivity contribution in [3.8, 4) is 16.9 Å². The largest absolute Gasteiger partial charge is 0.417 e. The van der Waals surface area contributed by atoms with Gasteiger partial charge in [-0.25, -0.2) is 4.68 Å². The van der Waals surface area contributed by atoms with Crippen LogP contribution in [-0.2, 0) is 6.18 Å². The van der Waals surface area contributed by atoms with Gasteiger partial charge >= 0.3 is 6.18 Å². The molecule has 0 saturated heterocycles. The third-order valence-corrected chi connectivity index (χ3v) is 3.78. The van der Waals surface area contributed by atoms with E-state index in [1.807, 2.05) is 0 Å². The lowest BCUT2D eigenvalue weighted by atomic mass is 10.2. The second kappa shape index (κ2) is 5.99. The highest BCUT2D eigenvalue weighted by atomic mass is 35.5. The van der Waals surface area contributed by atoms with E-state index >= 15 is 0 Å². The Balaban J connectivity index is 2.08. The van der Waals surface area contributed by atoms with Gasteiger partial charge in [-0.3, -0.25) is 14.9 Å². The van der Waals surface area contributed by atoms with E-state index in [4.69, 9.17) is 23.2 Å². The van der Waals surface area contributed by atoms with Crippen LogP contribution in [0.4, 0.5) is 13.2 Å². The average Bonchev–Trinajstić information content (AvgIpc) is 2.88. The normalized spacial score (nSPS) is 11.7. The number of H-pyrrole nitrogens is 1. The molecule has 0 saturated carbocycles. The Morgan fingerprint density at radius 1 is 1.17 bits per heavy atom. The molecule has 0 fully saturated rings. The minimum Gasteiger partial charge on any atom is -0.298 e. The van der Waals surface area contributed by atoms with Crippen LogP contribution in [0.5, 0.6) is 0 Å². The van der Waals surface area contributed by atoms with Crippen LogP contribution in [0, 0.1) is 0 Å². The summed E-state index contributed by atoms with van der Waals surface area (Å²) in [5, 5.41) is 2.88. The van der Waals surface area contributed by atoms with Gasteiger partial charge < -0.3 is 0 Å². The lowest BCUT2D eigenvalue weighted by molar-refractivity contribution is -0.137. The number of pyridine rings is 1. The van der Waals surface area contributed by atoms with Crippen molar-refractivity contribution in [1.82, 2.24) is 14.8 Å². The minimum atomic E-state index is -4.56. The number of nitrogens with zero attached hydrogens (tertiary/aromatic N) is 2. The summed E-state index contributed by atoms with van der Waals surface area (Å²) in [5.41, 5.74) is -1.00. The molecule has 1 N–H and O–H groups in total. The van der Waals surface area contributed by atoms with Crippen molar-refractivity contribution < 1.29 is 13.2 Å². The van der Waals surface area contributed by atoms with Crippen molar-refractivity contribution >= 4 is 23.2 Å². The van der Waals surface area contributed by atoms with E-state index in [0.29, 0.717) is 16.9 Å². The van der Waals surface area contributed by atoms with Crippen molar-refractivity contribution in [3.63, 3.8) is 0 Å². The van der Waals surface area contributed by atoms with Crippen LogP contribution >= 0.6 is 23.2 Å². The molecule has 2 heterocycles. The Morgan fingerprint density at radius 3 is 2.54 bits per heavy atom. The number of hydrogen-bond acceptors (Lipinski definition) is 2. The van der Waals surface area contributed by atoms with E-state index in [9.17, 15) is 18.0 Å². The lowest BCUT2D eigenvalue weighted by Crippen LogP contribution is -2.16. The number of benzene rings is 1. The quantitative estimate of drug-likeness (QED) is 0.716. The predicted molar refractivity (Wildman–Crippen MR) is 84.6 cm³/mol. The monoisotopic (exact) mass is 373 g/mol. The van der Waals surface area contributed by atoms with Gasteiger partial charge in [0.15, 0.2) is 0 Å². The fourth-order valence-electron chi connectivity index (χ4n) is 2.14. The summed E-state index contributed by atoms with van der Waals surface area (Å²) in [7, 11) is 0. The number of aromatic amines is 1. The van der Waals surface area contributed by atoms with Crippen LogP contribution in [0.3, 0.4) is 0 Å². The molecule has 0 amide bonds. The van der Waals surface area contributed by atoms with Crippen molar-refractivity contribution in [3.05, 3.63) is 68.7 Å². The van der Waals surface area contributed by atoms with Gasteiger partial charge in [-0.15, -0.1) is 0 Å². The number of nitrogens with one attached hydrogen (secondary N) is 1.